The summed E-state index contributed by atoms with van der Waals surface area (Å²) in [5.41, 5.74) is 5.72. The third kappa shape index (κ3) is 2.69. The Morgan fingerprint density at radius 2 is 1.62 bits per heavy atom. The second-order valence-electron chi connectivity index (χ2n) is 4.58. The molecule has 2 N–H and O–H groups in total. The molecule has 2 aromatic rings. The average molecular weight is 312 g/mol. The molecule has 0 aromatic heterocycles. The van der Waals surface area contributed by atoms with Crippen LogP contribution in [-0.4, -0.2) is 15.5 Å². The van der Waals surface area contributed by atoms with Crippen molar-refractivity contribution in [1.82, 2.24) is 0 Å². The van der Waals surface area contributed by atoms with Gasteiger partial charge in [0.1, 0.15) is 16.4 Å². The van der Waals surface area contributed by atoms with Crippen LogP contribution in [0.15, 0.2) is 41.3 Å². The minimum atomic E-state index is -4.16. The summed E-state index contributed by atoms with van der Waals surface area (Å²) in [5.74, 6) is -2.28. The molecule has 0 aliphatic heterocycles. The van der Waals surface area contributed by atoms with Crippen LogP contribution in [0.5, 0.6) is 0 Å². The molecule has 0 atom stereocenters. The molecule has 112 valence electrons. The van der Waals surface area contributed by atoms with Gasteiger partial charge in [0, 0.05) is 7.05 Å². The van der Waals surface area contributed by atoms with Gasteiger partial charge >= 0.3 is 0 Å². The number of nitrogens with zero attached hydrogens (tertiary/aromatic N) is 1. The Hall–Kier alpha value is -2.15. The molecule has 0 radical (unpaired) electrons. The number of benzene rings is 2. The van der Waals surface area contributed by atoms with E-state index in [-0.39, 0.29) is 0 Å². The van der Waals surface area contributed by atoms with Crippen LogP contribution >= 0.6 is 0 Å². The Balaban J connectivity index is 2.52. The van der Waals surface area contributed by atoms with Crippen molar-refractivity contribution in [2.24, 2.45) is 0 Å². The maximum absolute atomic E-state index is 13.9. The zero-order valence-electron chi connectivity index (χ0n) is 11.5. The summed E-state index contributed by atoms with van der Waals surface area (Å²) in [4.78, 5) is -0.663. The van der Waals surface area contributed by atoms with Gasteiger partial charge in [-0.15, -0.1) is 0 Å². The van der Waals surface area contributed by atoms with E-state index in [4.69, 9.17) is 5.73 Å². The van der Waals surface area contributed by atoms with Gasteiger partial charge in [0.25, 0.3) is 10.0 Å². The van der Waals surface area contributed by atoms with Crippen LogP contribution in [0.25, 0.3) is 0 Å². The number of aryl methyl sites for hydroxylation is 1. The van der Waals surface area contributed by atoms with Crippen molar-refractivity contribution < 1.29 is 17.2 Å². The van der Waals surface area contributed by atoms with Crippen molar-refractivity contribution in [3.63, 3.8) is 0 Å². The lowest BCUT2D eigenvalue weighted by Gasteiger charge is -2.20. The summed E-state index contributed by atoms with van der Waals surface area (Å²) < 4.78 is 52.8. The third-order valence-corrected chi connectivity index (χ3v) is 4.93. The number of sulfonamides is 1. The van der Waals surface area contributed by atoms with Gasteiger partial charge < -0.3 is 5.73 Å². The van der Waals surface area contributed by atoms with Gasteiger partial charge in [-0.05, 0) is 31.2 Å². The third-order valence-electron chi connectivity index (χ3n) is 3.13. The monoisotopic (exact) mass is 312 g/mol. The number of rotatable bonds is 3. The molecule has 0 spiro atoms. The molecule has 0 aliphatic carbocycles. The molecule has 0 amide bonds. The Kier molecular flexibility index (Phi) is 3.87. The number of hydrogen-bond acceptors (Lipinski definition) is 3. The predicted molar refractivity (Wildman–Crippen MR) is 77.5 cm³/mol. The second-order valence-corrected chi connectivity index (χ2v) is 6.52. The molecule has 0 unspecified atom stereocenters. The van der Waals surface area contributed by atoms with Crippen LogP contribution in [-0.2, 0) is 10.0 Å². The van der Waals surface area contributed by atoms with E-state index in [1.165, 1.54) is 7.05 Å². The fourth-order valence-corrected chi connectivity index (χ4v) is 3.06. The Labute approximate surface area is 121 Å². The van der Waals surface area contributed by atoms with E-state index in [2.05, 4.69) is 0 Å². The maximum Gasteiger partial charge on any atom is 0.267 e. The first-order chi connectivity index (χ1) is 9.75. The molecule has 0 fully saturated rings. The summed E-state index contributed by atoms with van der Waals surface area (Å²) in [7, 11) is -2.87. The van der Waals surface area contributed by atoms with Gasteiger partial charge in [-0.1, -0.05) is 17.7 Å². The minimum absolute atomic E-state index is 0.364. The van der Waals surface area contributed by atoms with E-state index >= 15 is 0 Å². The van der Waals surface area contributed by atoms with Gasteiger partial charge in [-0.2, -0.15) is 0 Å². The number of hydrogen-bond donors (Lipinski definition) is 1. The summed E-state index contributed by atoms with van der Waals surface area (Å²) in [6.45, 7) is 1.86. The van der Waals surface area contributed by atoms with Crippen molar-refractivity contribution in [2.75, 3.05) is 17.1 Å². The van der Waals surface area contributed by atoms with E-state index in [9.17, 15) is 17.2 Å². The minimum Gasteiger partial charge on any atom is -0.394 e. The molecule has 0 aliphatic rings. The van der Waals surface area contributed by atoms with E-state index in [1.54, 1.807) is 24.3 Å². The fourth-order valence-electron chi connectivity index (χ4n) is 1.79. The standard InChI is InChI=1S/C14H14F2N2O2S/c1-9-3-5-10(6-4-9)18(2)21(19,20)12-8-7-11(15)14(17)13(12)16/h3-8H,17H2,1-2H3. The molecule has 4 nitrogen and oxygen atoms in total. The molecule has 7 heteroatoms. The molecular formula is C14H14F2N2O2S. The van der Waals surface area contributed by atoms with Gasteiger partial charge in [0.05, 0.1) is 5.69 Å². The molecule has 0 saturated heterocycles. The van der Waals surface area contributed by atoms with E-state index in [0.717, 1.165) is 22.0 Å². The summed E-state index contributed by atoms with van der Waals surface area (Å²) in [6.07, 6.45) is 0. The number of nitrogen functional groups attached to an aromatic ring is 1. The maximum atomic E-state index is 13.9. The Bertz CT molecular complexity index is 774. The van der Waals surface area contributed by atoms with Crippen molar-refractivity contribution in [1.29, 1.82) is 0 Å². The predicted octanol–water partition coefficient (Wildman–Crippen LogP) is 2.68. The van der Waals surface area contributed by atoms with Crippen molar-refractivity contribution >= 4 is 21.4 Å². The summed E-state index contributed by atoms with van der Waals surface area (Å²) >= 11 is 0. The Morgan fingerprint density at radius 3 is 2.19 bits per heavy atom. The van der Waals surface area contributed by atoms with Gasteiger partial charge in [0.15, 0.2) is 5.82 Å². The number of halogens is 2. The number of nitrogens with two attached hydrogens (primary N) is 1. The normalized spacial score (nSPS) is 11.4. The average Bonchev–Trinajstić information content (AvgIpc) is 2.44. The fraction of sp³-hybridized carbons (Fsp3) is 0.143. The van der Waals surface area contributed by atoms with E-state index in [1.807, 2.05) is 6.92 Å². The highest BCUT2D eigenvalue weighted by atomic mass is 32.2. The zero-order chi connectivity index (χ0) is 15.8. The van der Waals surface area contributed by atoms with Crippen molar-refractivity contribution in [3.05, 3.63) is 53.6 Å². The molecule has 2 aromatic carbocycles. The molecule has 21 heavy (non-hydrogen) atoms. The van der Waals surface area contributed by atoms with E-state index in [0.29, 0.717) is 5.69 Å². The van der Waals surface area contributed by atoms with Crippen LogP contribution in [0.3, 0.4) is 0 Å². The summed E-state index contributed by atoms with van der Waals surface area (Å²) in [5, 5.41) is 0. The van der Waals surface area contributed by atoms with Crippen LogP contribution < -0.4 is 10.0 Å². The lowest BCUT2D eigenvalue weighted by atomic mass is 10.2. The quantitative estimate of drug-likeness (QED) is 0.886. The first-order valence-corrected chi connectivity index (χ1v) is 7.48. The van der Waals surface area contributed by atoms with Crippen LogP contribution in [0, 0.1) is 18.6 Å². The van der Waals surface area contributed by atoms with Crippen LogP contribution in [0.2, 0.25) is 0 Å². The van der Waals surface area contributed by atoms with Crippen LogP contribution in [0.1, 0.15) is 5.56 Å². The molecule has 0 bridgehead atoms. The topological polar surface area (TPSA) is 63.4 Å². The van der Waals surface area contributed by atoms with E-state index < -0.39 is 32.2 Å². The molecular weight excluding hydrogens is 298 g/mol. The highest BCUT2D eigenvalue weighted by Crippen LogP contribution is 2.27. The first kappa shape index (κ1) is 15.2. The number of anilines is 2. The van der Waals surface area contributed by atoms with Crippen molar-refractivity contribution in [3.8, 4) is 0 Å². The van der Waals surface area contributed by atoms with Crippen molar-refractivity contribution in [2.45, 2.75) is 11.8 Å². The molecule has 2 rings (SSSR count). The molecule has 0 heterocycles. The SMILES string of the molecule is Cc1ccc(N(C)S(=O)(=O)c2ccc(F)c(N)c2F)cc1. The molecule has 0 saturated carbocycles. The second kappa shape index (κ2) is 5.33. The van der Waals surface area contributed by atoms with Gasteiger partial charge in [-0.25, -0.2) is 17.2 Å². The summed E-state index contributed by atoms with van der Waals surface area (Å²) in [6, 6.07) is 8.35. The highest BCUT2D eigenvalue weighted by molar-refractivity contribution is 7.92. The lowest BCUT2D eigenvalue weighted by molar-refractivity contribution is 0.554. The smallest absolute Gasteiger partial charge is 0.267 e. The zero-order valence-corrected chi connectivity index (χ0v) is 12.3. The first-order valence-electron chi connectivity index (χ1n) is 6.04. The van der Waals surface area contributed by atoms with Gasteiger partial charge in [-0.3, -0.25) is 4.31 Å². The van der Waals surface area contributed by atoms with Gasteiger partial charge in [0.2, 0.25) is 0 Å². The lowest BCUT2D eigenvalue weighted by Crippen LogP contribution is -2.27. The largest absolute Gasteiger partial charge is 0.394 e. The highest BCUT2D eigenvalue weighted by Gasteiger charge is 2.27. The Morgan fingerprint density at radius 1 is 1.05 bits per heavy atom. The van der Waals surface area contributed by atoms with Crippen LogP contribution in [0.4, 0.5) is 20.2 Å².